The summed E-state index contributed by atoms with van der Waals surface area (Å²) in [6.07, 6.45) is -0.418. The van der Waals surface area contributed by atoms with Crippen LogP contribution in [-0.4, -0.2) is 109 Å². The van der Waals surface area contributed by atoms with Crippen LogP contribution in [0, 0.1) is 5.92 Å². The number of halogens is 5. The van der Waals surface area contributed by atoms with Gasteiger partial charge in [0.25, 0.3) is 12.3 Å². The van der Waals surface area contributed by atoms with E-state index < -0.39 is 41.6 Å². The van der Waals surface area contributed by atoms with Gasteiger partial charge in [-0.2, -0.15) is 18.3 Å². The lowest BCUT2D eigenvalue weighted by atomic mass is 10.00. The van der Waals surface area contributed by atoms with Gasteiger partial charge in [0.1, 0.15) is 17.7 Å². The summed E-state index contributed by atoms with van der Waals surface area (Å²) in [6, 6.07) is 5.15. The van der Waals surface area contributed by atoms with Gasteiger partial charge in [0.15, 0.2) is 17.2 Å². The largest absolute Gasteiger partial charge is 0.459 e. The third-order valence-corrected chi connectivity index (χ3v) is 9.39. The van der Waals surface area contributed by atoms with Gasteiger partial charge >= 0.3 is 18.2 Å². The minimum absolute atomic E-state index is 0.00968. The Kier molecular flexibility index (Phi) is 14.4. The monoisotopic (exact) mass is 847 g/mol. The highest BCUT2D eigenvalue weighted by atomic mass is 19.4. The van der Waals surface area contributed by atoms with Gasteiger partial charge in [0, 0.05) is 61.9 Å². The van der Waals surface area contributed by atoms with Crippen LogP contribution in [0.4, 0.5) is 38.3 Å². The lowest BCUT2D eigenvalue weighted by Gasteiger charge is -2.41. The number of esters is 1. The summed E-state index contributed by atoms with van der Waals surface area (Å²) in [7, 11) is 0. The second kappa shape index (κ2) is 18.9. The van der Waals surface area contributed by atoms with Crippen LogP contribution in [0.15, 0.2) is 43.0 Å². The highest BCUT2D eigenvalue weighted by Crippen LogP contribution is 2.37. The average Bonchev–Trinajstić information content (AvgIpc) is 3.74. The molecule has 1 aliphatic heterocycles. The lowest BCUT2D eigenvalue weighted by molar-refractivity contribution is -0.156. The molecule has 14 nitrogen and oxygen atoms in total. The first-order chi connectivity index (χ1) is 28.1. The fourth-order valence-electron chi connectivity index (χ4n) is 6.83. The molecular formula is C41H54F5N9O5. The van der Waals surface area contributed by atoms with Crippen molar-refractivity contribution in [3.8, 4) is 11.3 Å². The molecule has 0 radical (unpaired) electrons. The number of rotatable bonds is 17. The standard InChI is InChI=1S/C41H54F5N9O5/c1-8-27-18-28(50-35-36-49-19-31(55(36)17-15-47-35)30-23-54(24-32(42)43)51-34(30)41(44,45)46)12-13-29(27)37(57)48-14-10-9-11-16-52(25-33(56)59-39(2,3)4)20-26-21-53(22-26)38(58)60-40(5,6)7/h12-13,15,17-19,23,26,32H,8-11,14,16,20-22,24-25H2,1-7H3,(H,47,50)(H,48,57). The molecule has 0 atom stereocenters. The first kappa shape index (κ1) is 45.7. The number of amides is 2. The van der Waals surface area contributed by atoms with Gasteiger partial charge in [-0.3, -0.25) is 23.6 Å². The third kappa shape index (κ3) is 12.6. The molecular weight excluding hydrogens is 793 g/mol. The summed E-state index contributed by atoms with van der Waals surface area (Å²) in [5.41, 5.74) is -0.934. The van der Waals surface area contributed by atoms with E-state index in [1.807, 2.05) is 48.5 Å². The second-order valence-electron chi connectivity index (χ2n) is 16.9. The Labute approximate surface area is 345 Å². The van der Waals surface area contributed by atoms with Crippen LogP contribution in [-0.2, 0) is 33.4 Å². The van der Waals surface area contributed by atoms with Crippen molar-refractivity contribution in [2.75, 3.05) is 44.6 Å². The van der Waals surface area contributed by atoms with Gasteiger partial charge in [0.05, 0.1) is 24.0 Å². The number of anilines is 2. The molecule has 5 rings (SSSR count). The second-order valence-corrected chi connectivity index (χ2v) is 16.9. The van der Waals surface area contributed by atoms with E-state index in [9.17, 15) is 36.3 Å². The minimum atomic E-state index is -4.90. The maximum Gasteiger partial charge on any atom is 0.435 e. The molecule has 328 valence electrons. The maximum absolute atomic E-state index is 13.9. The van der Waals surface area contributed by atoms with Gasteiger partial charge < -0.3 is 25.0 Å². The number of aryl methyl sites for hydroxylation is 1. The van der Waals surface area contributed by atoms with Gasteiger partial charge in [0.2, 0.25) is 0 Å². The van der Waals surface area contributed by atoms with Crippen LogP contribution in [0.3, 0.4) is 0 Å². The van der Waals surface area contributed by atoms with E-state index >= 15 is 0 Å². The van der Waals surface area contributed by atoms with Crippen LogP contribution < -0.4 is 10.6 Å². The molecule has 1 fully saturated rings. The smallest absolute Gasteiger partial charge is 0.435 e. The number of alkyl halides is 5. The van der Waals surface area contributed by atoms with Crippen LogP contribution in [0.25, 0.3) is 16.9 Å². The van der Waals surface area contributed by atoms with E-state index in [4.69, 9.17) is 9.47 Å². The van der Waals surface area contributed by atoms with E-state index in [2.05, 4.69) is 30.6 Å². The van der Waals surface area contributed by atoms with Crippen LogP contribution >= 0.6 is 0 Å². The predicted molar refractivity (Wildman–Crippen MR) is 214 cm³/mol. The zero-order chi connectivity index (χ0) is 44.0. The number of fused-ring (bicyclic) bond motifs is 1. The number of carbonyl (C=O) groups is 3. The molecule has 1 aromatic carbocycles. The number of likely N-dealkylation sites (tertiary alicyclic amines) is 1. The van der Waals surface area contributed by atoms with Crippen molar-refractivity contribution in [1.29, 1.82) is 0 Å². The fraction of sp³-hybridized carbons (Fsp3) is 0.561. The molecule has 19 heteroatoms. The van der Waals surface area contributed by atoms with Crippen molar-refractivity contribution in [3.63, 3.8) is 0 Å². The number of benzene rings is 1. The van der Waals surface area contributed by atoms with Gasteiger partial charge in [-0.1, -0.05) is 13.3 Å². The molecule has 0 unspecified atom stereocenters. The van der Waals surface area contributed by atoms with Gasteiger partial charge in [-0.25, -0.2) is 23.5 Å². The van der Waals surface area contributed by atoms with Crippen molar-refractivity contribution in [2.45, 2.75) is 104 Å². The topological polar surface area (TPSA) is 148 Å². The number of nitrogens with one attached hydrogen (secondary N) is 2. The molecule has 1 aliphatic rings. The molecule has 4 aromatic rings. The summed E-state index contributed by atoms with van der Waals surface area (Å²) in [5.74, 6) is -0.127. The molecule has 0 spiro atoms. The number of aromatic nitrogens is 5. The number of hydrogen-bond acceptors (Lipinski definition) is 10. The van der Waals surface area contributed by atoms with E-state index in [1.54, 1.807) is 23.1 Å². The van der Waals surface area contributed by atoms with Crippen molar-refractivity contribution in [1.82, 2.24) is 39.3 Å². The molecule has 1 saturated heterocycles. The Balaban J connectivity index is 1.15. The van der Waals surface area contributed by atoms with Crippen molar-refractivity contribution >= 4 is 35.1 Å². The van der Waals surface area contributed by atoms with Crippen LogP contribution in [0.2, 0.25) is 0 Å². The zero-order valence-electron chi connectivity index (χ0n) is 35.0. The molecule has 60 heavy (non-hydrogen) atoms. The van der Waals surface area contributed by atoms with Crippen molar-refractivity contribution in [3.05, 3.63) is 59.8 Å². The molecule has 0 aliphatic carbocycles. The Morgan fingerprint density at radius 1 is 0.983 bits per heavy atom. The summed E-state index contributed by atoms with van der Waals surface area (Å²) in [5, 5.41) is 9.50. The maximum atomic E-state index is 13.9. The van der Waals surface area contributed by atoms with E-state index in [1.165, 1.54) is 23.0 Å². The summed E-state index contributed by atoms with van der Waals surface area (Å²) < 4.78 is 80.5. The normalized spacial score (nSPS) is 13.9. The predicted octanol–water partition coefficient (Wildman–Crippen LogP) is 7.59. The third-order valence-electron chi connectivity index (χ3n) is 9.39. The highest BCUT2D eigenvalue weighted by molar-refractivity contribution is 5.96. The number of unbranched alkanes of at least 4 members (excludes halogenated alkanes) is 2. The molecule has 0 bridgehead atoms. The number of hydrogen-bond donors (Lipinski definition) is 2. The molecule has 2 N–H and O–H groups in total. The van der Waals surface area contributed by atoms with E-state index in [0.717, 1.165) is 24.6 Å². The Bertz CT molecular complexity index is 2120. The van der Waals surface area contributed by atoms with Gasteiger partial charge in [-0.15, -0.1) is 0 Å². The van der Waals surface area contributed by atoms with Crippen molar-refractivity contribution in [2.24, 2.45) is 5.92 Å². The summed E-state index contributed by atoms with van der Waals surface area (Å²) in [6.45, 7) is 14.8. The molecule has 4 heterocycles. The number of carbonyl (C=O) groups excluding carboxylic acids is 3. The number of ether oxygens (including phenoxy) is 2. The summed E-state index contributed by atoms with van der Waals surface area (Å²) >= 11 is 0. The first-order valence-electron chi connectivity index (χ1n) is 20.0. The van der Waals surface area contributed by atoms with Gasteiger partial charge in [-0.05, 0) is 91.1 Å². The minimum Gasteiger partial charge on any atom is -0.459 e. The molecule has 2 amide bonds. The van der Waals surface area contributed by atoms with Crippen LogP contribution in [0.1, 0.15) is 89.3 Å². The fourth-order valence-corrected chi connectivity index (χ4v) is 6.83. The molecule has 3 aromatic heterocycles. The number of imidazole rings is 1. The molecule has 0 saturated carbocycles. The zero-order valence-corrected chi connectivity index (χ0v) is 35.0. The Morgan fingerprint density at radius 3 is 2.35 bits per heavy atom. The SMILES string of the molecule is CCc1cc(Nc2nccn3c(-c4cn(CC(F)F)nc4C(F)(F)F)cnc23)ccc1C(=O)NCCCCCN(CC(=O)OC(C)(C)C)CC1CN(C(=O)OC(C)(C)C)C1. The Morgan fingerprint density at radius 2 is 1.70 bits per heavy atom. The highest BCUT2D eigenvalue weighted by Gasteiger charge is 2.39. The Hall–Kier alpha value is -5.33. The summed E-state index contributed by atoms with van der Waals surface area (Å²) in [4.78, 5) is 50.7. The van der Waals surface area contributed by atoms with Crippen LogP contribution in [0.5, 0.6) is 0 Å². The van der Waals surface area contributed by atoms with Crippen molar-refractivity contribution < 1.29 is 45.8 Å². The quantitative estimate of drug-likeness (QED) is 0.0619. The number of nitrogens with zero attached hydrogens (tertiary/aromatic N) is 7. The lowest BCUT2D eigenvalue weighted by Crippen LogP contribution is -2.55. The van der Waals surface area contributed by atoms with E-state index in [0.29, 0.717) is 61.5 Å². The van der Waals surface area contributed by atoms with E-state index in [-0.39, 0.29) is 47.6 Å². The average molecular weight is 848 g/mol. The first-order valence-corrected chi connectivity index (χ1v) is 20.0.